The molecule has 1 aromatic carbocycles. The molecule has 1 fully saturated rings. The van der Waals surface area contributed by atoms with Crippen LogP contribution < -0.4 is 5.32 Å². The molecule has 0 radical (unpaired) electrons. The molecule has 1 N–H and O–H groups in total. The first-order valence-electron chi connectivity index (χ1n) is 7.30. The van der Waals surface area contributed by atoms with Gasteiger partial charge in [0.25, 0.3) is 0 Å². The maximum atomic E-state index is 13.8. The van der Waals surface area contributed by atoms with Gasteiger partial charge in [-0.25, -0.2) is 8.78 Å². The van der Waals surface area contributed by atoms with Crippen LogP contribution in [0.15, 0.2) is 18.2 Å². The van der Waals surface area contributed by atoms with Crippen LogP contribution in [0.1, 0.15) is 44.6 Å². The average molecular weight is 267 g/mol. The highest BCUT2D eigenvalue weighted by Gasteiger charge is 2.33. The van der Waals surface area contributed by atoms with E-state index in [0.29, 0.717) is 6.42 Å². The third-order valence-electron chi connectivity index (χ3n) is 4.28. The standard InChI is InChI=1S/C16H23F2N/c1-2-19-12-16(9-4-3-5-10-16)11-13-14(17)7-6-8-15(13)18/h6-8,19H,2-5,9-12H2,1H3. The molecule has 0 atom stereocenters. The normalized spacial score (nSPS) is 18.5. The van der Waals surface area contributed by atoms with E-state index < -0.39 is 11.6 Å². The van der Waals surface area contributed by atoms with Crippen LogP contribution in [0.3, 0.4) is 0 Å². The summed E-state index contributed by atoms with van der Waals surface area (Å²) in [5.41, 5.74) is 0.291. The molecule has 0 saturated heterocycles. The lowest BCUT2D eigenvalue weighted by atomic mass is 9.70. The van der Waals surface area contributed by atoms with Crippen molar-refractivity contribution in [2.45, 2.75) is 45.4 Å². The first-order chi connectivity index (χ1) is 9.17. The second-order valence-corrected chi connectivity index (χ2v) is 5.72. The van der Waals surface area contributed by atoms with Crippen molar-refractivity contribution >= 4 is 0 Å². The number of nitrogens with one attached hydrogen (secondary N) is 1. The van der Waals surface area contributed by atoms with Crippen molar-refractivity contribution in [1.29, 1.82) is 0 Å². The number of hydrogen-bond acceptors (Lipinski definition) is 1. The van der Waals surface area contributed by atoms with Crippen molar-refractivity contribution in [2.24, 2.45) is 5.41 Å². The summed E-state index contributed by atoms with van der Waals surface area (Å²) in [7, 11) is 0. The van der Waals surface area contributed by atoms with Crippen molar-refractivity contribution < 1.29 is 8.78 Å². The highest BCUT2D eigenvalue weighted by Crippen LogP contribution is 2.39. The van der Waals surface area contributed by atoms with E-state index in [4.69, 9.17) is 0 Å². The maximum absolute atomic E-state index is 13.8. The summed E-state index contributed by atoms with van der Waals surface area (Å²) >= 11 is 0. The van der Waals surface area contributed by atoms with Gasteiger partial charge in [-0.05, 0) is 43.4 Å². The minimum atomic E-state index is -0.401. The molecule has 0 unspecified atom stereocenters. The summed E-state index contributed by atoms with van der Waals surface area (Å²) in [5.74, 6) is -0.803. The van der Waals surface area contributed by atoms with Crippen molar-refractivity contribution in [3.8, 4) is 0 Å². The van der Waals surface area contributed by atoms with Gasteiger partial charge in [-0.3, -0.25) is 0 Å². The van der Waals surface area contributed by atoms with Crippen LogP contribution in [0.4, 0.5) is 8.78 Å². The Bertz CT molecular complexity index is 391. The summed E-state index contributed by atoms with van der Waals surface area (Å²) in [6.45, 7) is 3.83. The van der Waals surface area contributed by atoms with Crippen LogP contribution in [0.5, 0.6) is 0 Å². The number of halogens is 2. The number of benzene rings is 1. The molecular formula is C16H23F2N. The van der Waals surface area contributed by atoms with Gasteiger partial charge in [0.05, 0.1) is 0 Å². The SMILES string of the molecule is CCNCC1(Cc2c(F)cccc2F)CCCCC1. The fraction of sp³-hybridized carbons (Fsp3) is 0.625. The van der Waals surface area contributed by atoms with Gasteiger partial charge in [0, 0.05) is 12.1 Å². The monoisotopic (exact) mass is 267 g/mol. The highest BCUT2D eigenvalue weighted by atomic mass is 19.1. The fourth-order valence-corrected chi connectivity index (χ4v) is 3.18. The Kier molecular flexibility index (Phi) is 4.92. The summed E-state index contributed by atoms with van der Waals surface area (Å²) in [6, 6.07) is 4.16. The molecule has 1 nitrogen and oxygen atoms in total. The lowest BCUT2D eigenvalue weighted by Gasteiger charge is -2.38. The minimum absolute atomic E-state index is 0.0251. The molecule has 19 heavy (non-hydrogen) atoms. The van der Waals surface area contributed by atoms with E-state index in [-0.39, 0.29) is 11.0 Å². The van der Waals surface area contributed by atoms with Crippen LogP contribution in [0.25, 0.3) is 0 Å². The predicted molar refractivity (Wildman–Crippen MR) is 74.1 cm³/mol. The molecule has 0 spiro atoms. The van der Waals surface area contributed by atoms with Gasteiger partial charge >= 0.3 is 0 Å². The molecule has 0 bridgehead atoms. The van der Waals surface area contributed by atoms with Gasteiger partial charge in [-0.1, -0.05) is 32.3 Å². The Morgan fingerprint density at radius 2 is 1.74 bits per heavy atom. The Hall–Kier alpha value is -0.960. The summed E-state index contributed by atoms with van der Waals surface area (Å²) in [6.07, 6.45) is 6.22. The zero-order valence-corrected chi connectivity index (χ0v) is 11.6. The lowest BCUT2D eigenvalue weighted by Crippen LogP contribution is -2.38. The average Bonchev–Trinajstić information content (AvgIpc) is 2.42. The van der Waals surface area contributed by atoms with Crippen molar-refractivity contribution in [1.82, 2.24) is 5.32 Å². The molecule has 1 saturated carbocycles. The van der Waals surface area contributed by atoms with Gasteiger partial charge in [-0.2, -0.15) is 0 Å². The van der Waals surface area contributed by atoms with E-state index in [1.807, 2.05) is 0 Å². The largest absolute Gasteiger partial charge is 0.316 e. The van der Waals surface area contributed by atoms with Crippen LogP contribution >= 0.6 is 0 Å². The third kappa shape index (κ3) is 3.53. The van der Waals surface area contributed by atoms with Crippen LogP contribution in [0, 0.1) is 17.0 Å². The van der Waals surface area contributed by atoms with E-state index >= 15 is 0 Å². The second-order valence-electron chi connectivity index (χ2n) is 5.72. The van der Waals surface area contributed by atoms with E-state index in [1.165, 1.54) is 37.5 Å². The van der Waals surface area contributed by atoms with Crippen LogP contribution in [-0.4, -0.2) is 13.1 Å². The molecule has 1 aromatic rings. The first kappa shape index (κ1) is 14.4. The molecule has 1 aliphatic rings. The minimum Gasteiger partial charge on any atom is -0.316 e. The van der Waals surface area contributed by atoms with Gasteiger partial charge in [0.2, 0.25) is 0 Å². The molecule has 0 amide bonds. The maximum Gasteiger partial charge on any atom is 0.129 e. The number of rotatable bonds is 5. The van der Waals surface area contributed by atoms with Crippen LogP contribution in [-0.2, 0) is 6.42 Å². The van der Waals surface area contributed by atoms with Gasteiger partial charge in [-0.15, -0.1) is 0 Å². The second kappa shape index (κ2) is 6.47. The van der Waals surface area contributed by atoms with Crippen molar-refractivity contribution in [3.63, 3.8) is 0 Å². The molecule has 0 aromatic heterocycles. The summed E-state index contributed by atoms with van der Waals surface area (Å²) < 4.78 is 27.7. The fourth-order valence-electron chi connectivity index (χ4n) is 3.18. The summed E-state index contributed by atoms with van der Waals surface area (Å²) in [4.78, 5) is 0. The van der Waals surface area contributed by atoms with Gasteiger partial charge in [0.15, 0.2) is 0 Å². The first-order valence-corrected chi connectivity index (χ1v) is 7.30. The zero-order valence-electron chi connectivity index (χ0n) is 11.6. The Balaban J connectivity index is 2.19. The molecule has 3 heteroatoms. The topological polar surface area (TPSA) is 12.0 Å². The van der Waals surface area contributed by atoms with E-state index in [0.717, 1.165) is 25.9 Å². The molecule has 0 aliphatic heterocycles. The van der Waals surface area contributed by atoms with Gasteiger partial charge < -0.3 is 5.32 Å². The quantitative estimate of drug-likeness (QED) is 0.848. The molecular weight excluding hydrogens is 244 g/mol. The molecule has 0 heterocycles. The Labute approximate surface area is 114 Å². The summed E-state index contributed by atoms with van der Waals surface area (Å²) in [5, 5.41) is 3.37. The lowest BCUT2D eigenvalue weighted by molar-refractivity contribution is 0.178. The highest BCUT2D eigenvalue weighted by molar-refractivity contribution is 5.21. The molecule has 106 valence electrons. The van der Waals surface area contributed by atoms with Crippen molar-refractivity contribution in [3.05, 3.63) is 35.4 Å². The Morgan fingerprint density at radius 1 is 1.11 bits per heavy atom. The van der Waals surface area contributed by atoms with Crippen molar-refractivity contribution in [2.75, 3.05) is 13.1 Å². The van der Waals surface area contributed by atoms with E-state index in [9.17, 15) is 8.78 Å². The predicted octanol–water partition coefficient (Wildman–Crippen LogP) is 4.07. The third-order valence-corrected chi connectivity index (χ3v) is 4.28. The van der Waals surface area contributed by atoms with Gasteiger partial charge in [0.1, 0.15) is 11.6 Å². The van der Waals surface area contributed by atoms with E-state index in [2.05, 4.69) is 12.2 Å². The smallest absolute Gasteiger partial charge is 0.129 e. The van der Waals surface area contributed by atoms with Crippen LogP contribution in [0.2, 0.25) is 0 Å². The number of hydrogen-bond donors (Lipinski definition) is 1. The molecule has 2 rings (SSSR count). The Morgan fingerprint density at radius 3 is 2.32 bits per heavy atom. The molecule has 1 aliphatic carbocycles. The zero-order chi connectivity index (χ0) is 13.7. The van der Waals surface area contributed by atoms with E-state index in [1.54, 1.807) is 0 Å².